The van der Waals surface area contributed by atoms with Crippen LogP contribution < -0.4 is 10.1 Å². The highest BCUT2D eigenvalue weighted by Gasteiger charge is 2.35. The Morgan fingerprint density at radius 2 is 1.86 bits per heavy atom. The summed E-state index contributed by atoms with van der Waals surface area (Å²) in [5, 5.41) is 2.96. The standard InChI is InChI=1S/C18H25F3N2O4S/c1-4-17(2,3)22-16(24)13-8-10-23(11-9-13)28(25,26)15-7-5-6-14(12-15)27-18(19,20)21/h5-7,12-13H,4,8-11H2,1-3H3,(H,22,24). The van der Waals surface area contributed by atoms with Crippen LogP contribution in [0.4, 0.5) is 13.2 Å². The van der Waals surface area contributed by atoms with Gasteiger partial charge in [-0.25, -0.2) is 8.42 Å². The minimum atomic E-state index is -4.90. The van der Waals surface area contributed by atoms with E-state index in [4.69, 9.17) is 0 Å². The first-order valence-corrected chi connectivity index (χ1v) is 10.5. The van der Waals surface area contributed by atoms with E-state index in [2.05, 4.69) is 10.1 Å². The summed E-state index contributed by atoms with van der Waals surface area (Å²) < 4.78 is 67.6. The van der Waals surface area contributed by atoms with Crippen LogP contribution in [0.3, 0.4) is 0 Å². The minimum absolute atomic E-state index is 0.107. The number of nitrogens with zero attached hydrogens (tertiary/aromatic N) is 1. The van der Waals surface area contributed by atoms with E-state index in [1.54, 1.807) is 0 Å². The molecule has 2 rings (SSSR count). The monoisotopic (exact) mass is 422 g/mol. The number of halogens is 3. The molecule has 1 amide bonds. The van der Waals surface area contributed by atoms with Gasteiger partial charge in [0, 0.05) is 30.6 Å². The second kappa shape index (κ2) is 8.28. The number of carbonyl (C=O) groups is 1. The van der Waals surface area contributed by atoms with Crippen LogP contribution in [0.5, 0.6) is 5.75 Å². The van der Waals surface area contributed by atoms with Gasteiger partial charge >= 0.3 is 6.36 Å². The molecule has 0 atom stereocenters. The molecule has 0 aliphatic carbocycles. The molecule has 10 heteroatoms. The quantitative estimate of drug-likeness (QED) is 0.763. The third-order valence-corrected chi connectivity index (χ3v) is 6.74. The molecule has 28 heavy (non-hydrogen) atoms. The SMILES string of the molecule is CCC(C)(C)NC(=O)C1CCN(S(=O)(=O)c2cccc(OC(F)(F)F)c2)CC1. The molecule has 0 spiro atoms. The predicted octanol–water partition coefficient (Wildman–Crippen LogP) is 3.29. The molecular formula is C18H25F3N2O4S. The van der Waals surface area contributed by atoms with Gasteiger partial charge in [-0.3, -0.25) is 4.79 Å². The molecule has 0 saturated carbocycles. The Bertz CT molecular complexity index is 801. The molecule has 1 saturated heterocycles. The lowest BCUT2D eigenvalue weighted by molar-refractivity contribution is -0.274. The highest BCUT2D eigenvalue weighted by atomic mass is 32.2. The maximum absolute atomic E-state index is 12.7. The molecule has 1 aliphatic heterocycles. The van der Waals surface area contributed by atoms with Crippen molar-refractivity contribution in [1.82, 2.24) is 9.62 Å². The number of nitrogens with one attached hydrogen (secondary N) is 1. The normalized spacial score (nSPS) is 17.4. The predicted molar refractivity (Wildman–Crippen MR) is 97.1 cm³/mol. The van der Waals surface area contributed by atoms with Crippen molar-refractivity contribution in [2.45, 2.75) is 56.8 Å². The first-order valence-electron chi connectivity index (χ1n) is 9.02. The third-order valence-electron chi connectivity index (χ3n) is 4.85. The smallest absolute Gasteiger partial charge is 0.406 e. The lowest BCUT2D eigenvalue weighted by atomic mass is 9.94. The Hall–Kier alpha value is -1.81. The van der Waals surface area contributed by atoms with E-state index >= 15 is 0 Å². The van der Waals surface area contributed by atoms with Gasteiger partial charge in [-0.15, -0.1) is 13.2 Å². The highest BCUT2D eigenvalue weighted by Crippen LogP contribution is 2.28. The zero-order valence-corrected chi connectivity index (χ0v) is 16.9. The van der Waals surface area contributed by atoms with E-state index in [0.29, 0.717) is 12.8 Å². The fourth-order valence-corrected chi connectivity index (χ4v) is 4.37. The number of piperidine rings is 1. The number of benzene rings is 1. The topological polar surface area (TPSA) is 75.7 Å². The van der Waals surface area contributed by atoms with E-state index < -0.39 is 22.1 Å². The van der Waals surface area contributed by atoms with Crippen LogP contribution in [-0.4, -0.2) is 43.6 Å². The summed E-state index contributed by atoms with van der Waals surface area (Å²) in [6.45, 7) is 6.04. The number of ether oxygens (including phenoxy) is 1. The van der Waals surface area contributed by atoms with Gasteiger partial charge in [0.05, 0.1) is 4.90 Å². The van der Waals surface area contributed by atoms with E-state index in [1.165, 1.54) is 16.4 Å². The Balaban J connectivity index is 2.05. The maximum atomic E-state index is 12.7. The number of hydrogen-bond acceptors (Lipinski definition) is 4. The molecule has 1 heterocycles. The molecule has 0 radical (unpaired) electrons. The zero-order chi connectivity index (χ0) is 21.2. The van der Waals surface area contributed by atoms with Crippen LogP contribution in [0.15, 0.2) is 29.2 Å². The lowest BCUT2D eigenvalue weighted by Gasteiger charge is -2.33. The summed E-state index contributed by atoms with van der Waals surface area (Å²) in [7, 11) is -3.97. The van der Waals surface area contributed by atoms with Gasteiger partial charge in [0.1, 0.15) is 5.75 Å². The Kier molecular flexibility index (Phi) is 6.65. The zero-order valence-electron chi connectivity index (χ0n) is 16.0. The highest BCUT2D eigenvalue weighted by molar-refractivity contribution is 7.89. The van der Waals surface area contributed by atoms with Crippen molar-refractivity contribution in [2.75, 3.05) is 13.1 Å². The molecule has 0 aromatic heterocycles. The summed E-state index contributed by atoms with van der Waals surface area (Å²) in [5.41, 5.74) is -0.334. The first kappa shape index (κ1) is 22.5. The average molecular weight is 422 g/mol. The second-order valence-electron chi connectivity index (χ2n) is 7.43. The Morgan fingerprint density at radius 3 is 2.39 bits per heavy atom. The summed E-state index contributed by atoms with van der Waals surface area (Å²) >= 11 is 0. The van der Waals surface area contributed by atoms with E-state index in [1.807, 2.05) is 20.8 Å². The van der Waals surface area contributed by atoms with Gasteiger partial charge in [0.25, 0.3) is 0 Å². The van der Waals surface area contributed by atoms with Gasteiger partial charge in [-0.05, 0) is 45.2 Å². The molecule has 1 aromatic carbocycles. The summed E-state index contributed by atoms with van der Waals surface area (Å²) in [4.78, 5) is 12.1. The number of alkyl halides is 3. The molecule has 1 aliphatic rings. The Labute approximate surface area is 163 Å². The van der Waals surface area contributed by atoms with Crippen LogP contribution in [0.25, 0.3) is 0 Å². The molecule has 1 aromatic rings. The van der Waals surface area contributed by atoms with Crippen molar-refractivity contribution < 1.29 is 31.1 Å². The van der Waals surface area contributed by atoms with E-state index in [9.17, 15) is 26.4 Å². The number of sulfonamides is 1. The fraction of sp³-hybridized carbons (Fsp3) is 0.611. The van der Waals surface area contributed by atoms with Crippen molar-refractivity contribution in [3.05, 3.63) is 24.3 Å². The number of rotatable bonds is 6. The fourth-order valence-electron chi connectivity index (χ4n) is 2.86. The van der Waals surface area contributed by atoms with Gasteiger partial charge in [-0.2, -0.15) is 4.31 Å². The summed E-state index contributed by atoms with van der Waals surface area (Å²) in [5.74, 6) is -0.994. The van der Waals surface area contributed by atoms with E-state index in [-0.39, 0.29) is 35.3 Å². The molecule has 1 fully saturated rings. The molecular weight excluding hydrogens is 397 g/mol. The summed E-state index contributed by atoms with van der Waals surface area (Å²) in [6, 6.07) is 4.31. The Morgan fingerprint density at radius 1 is 1.25 bits per heavy atom. The summed E-state index contributed by atoms with van der Waals surface area (Å²) in [6.07, 6.45) is -3.43. The maximum Gasteiger partial charge on any atom is 0.573 e. The van der Waals surface area contributed by atoms with Crippen molar-refractivity contribution >= 4 is 15.9 Å². The van der Waals surface area contributed by atoms with Gasteiger partial charge in [-0.1, -0.05) is 13.0 Å². The minimum Gasteiger partial charge on any atom is -0.406 e. The van der Waals surface area contributed by atoms with Crippen molar-refractivity contribution in [3.8, 4) is 5.75 Å². The van der Waals surface area contributed by atoms with Crippen molar-refractivity contribution in [3.63, 3.8) is 0 Å². The molecule has 1 N–H and O–H groups in total. The van der Waals surface area contributed by atoms with Gasteiger partial charge in [0.2, 0.25) is 15.9 Å². The van der Waals surface area contributed by atoms with Crippen molar-refractivity contribution in [1.29, 1.82) is 0 Å². The van der Waals surface area contributed by atoms with Crippen LogP contribution in [-0.2, 0) is 14.8 Å². The number of amides is 1. The molecule has 158 valence electrons. The van der Waals surface area contributed by atoms with E-state index in [0.717, 1.165) is 18.6 Å². The van der Waals surface area contributed by atoms with Crippen LogP contribution in [0.2, 0.25) is 0 Å². The third kappa shape index (κ3) is 5.84. The second-order valence-corrected chi connectivity index (χ2v) is 9.37. The molecule has 0 bridgehead atoms. The lowest BCUT2D eigenvalue weighted by Crippen LogP contribution is -2.48. The van der Waals surface area contributed by atoms with Crippen LogP contribution in [0, 0.1) is 5.92 Å². The largest absolute Gasteiger partial charge is 0.573 e. The van der Waals surface area contributed by atoms with Crippen molar-refractivity contribution in [2.24, 2.45) is 5.92 Å². The average Bonchev–Trinajstić information content (AvgIpc) is 2.60. The van der Waals surface area contributed by atoms with Crippen LogP contribution in [0.1, 0.15) is 40.0 Å². The molecule has 6 nitrogen and oxygen atoms in total. The first-order chi connectivity index (χ1) is 12.8. The van der Waals surface area contributed by atoms with Gasteiger partial charge in [0.15, 0.2) is 0 Å². The number of carbonyl (C=O) groups excluding carboxylic acids is 1. The van der Waals surface area contributed by atoms with Gasteiger partial charge < -0.3 is 10.1 Å². The number of hydrogen-bond donors (Lipinski definition) is 1. The molecule has 0 unspecified atom stereocenters. The van der Waals surface area contributed by atoms with Crippen LogP contribution >= 0.6 is 0 Å².